The van der Waals surface area contributed by atoms with Gasteiger partial charge in [0.05, 0.1) is 12.2 Å². The Morgan fingerprint density at radius 1 is 1.00 bits per heavy atom. The zero-order valence-corrected chi connectivity index (χ0v) is 7.80. The van der Waals surface area contributed by atoms with E-state index in [0.29, 0.717) is 0 Å². The molecule has 0 saturated heterocycles. The van der Waals surface area contributed by atoms with Crippen LogP contribution in [-0.2, 0) is 9.47 Å². The second-order valence-corrected chi connectivity index (χ2v) is 3.64. The Hall–Kier alpha value is 0.210. The lowest BCUT2D eigenvalue weighted by Crippen LogP contribution is -2.32. The highest BCUT2D eigenvalue weighted by atomic mass is 35.5. The summed E-state index contributed by atoms with van der Waals surface area (Å²) in [6.07, 6.45) is 3.47. The van der Waals surface area contributed by atoms with Gasteiger partial charge < -0.3 is 9.47 Å². The third kappa shape index (κ3) is 2.62. The second-order valence-electron chi connectivity index (χ2n) is 3.02. The Morgan fingerprint density at radius 2 is 1.45 bits per heavy atom. The van der Waals surface area contributed by atoms with Gasteiger partial charge in [-0.2, -0.15) is 0 Å². The van der Waals surface area contributed by atoms with Crippen molar-refractivity contribution in [2.75, 3.05) is 14.2 Å². The van der Waals surface area contributed by atoms with Crippen molar-refractivity contribution in [2.24, 2.45) is 0 Å². The molecule has 0 aromatic carbocycles. The summed E-state index contributed by atoms with van der Waals surface area (Å²) >= 11 is 6.00. The van der Waals surface area contributed by atoms with Crippen LogP contribution < -0.4 is 0 Å². The van der Waals surface area contributed by atoms with Crippen LogP contribution in [0.3, 0.4) is 0 Å². The monoisotopic (exact) mass is 178 g/mol. The van der Waals surface area contributed by atoms with Crippen molar-refractivity contribution >= 4 is 11.6 Å². The number of ether oxygens (including phenoxy) is 2. The number of hydrogen-bond acceptors (Lipinski definition) is 2. The molecule has 1 aliphatic carbocycles. The average Bonchev–Trinajstić information content (AvgIpc) is 2.03. The summed E-state index contributed by atoms with van der Waals surface area (Å²) in [5, 5.41) is 0.221. The molecular weight excluding hydrogens is 164 g/mol. The fourth-order valence-corrected chi connectivity index (χ4v) is 1.93. The lowest BCUT2D eigenvalue weighted by Gasteiger charge is -2.30. The van der Waals surface area contributed by atoms with Crippen molar-refractivity contribution in [1.29, 1.82) is 0 Å². The van der Waals surface area contributed by atoms with E-state index in [1.165, 1.54) is 0 Å². The Bertz CT molecular complexity index is 107. The van der Waals surface area contributed by atoms with Crippen LogP contribution in [0.5, 0.6) is 0 Å². The van der Waals surface area contributed by atoms with Gasteiger partial charge in [-0.1, -0.05) is 0 Å². The van der Waals surface area contributed by atoms with Gasteiger partial charge in [0.15, 0.2) is 0 Å². The SMILES string of the molecule is COC1CC(Cl)CC(OC)C1. The summed E-state index contributed by atoms with van der Waals surface area (Å²) < 4.78 is 10.5. The van der Waals surface area contributed by atoms with Gasteiger partial charge in [0.1, 0.15) is 0 Å². The predicted molar refractivity (Wildman–Crippen MR) is 45.1 cm³/mol. The van der Waals surface area contributed by atoms with Gasteiger partial charge in [-0.3, -0.25) is 0 Å². The fraction of sp³-hybridized carbons (Fsp3) is 1.00. The smallest absolute Gasteiger partial charge is 0.0610 e. The normalized spacial score (nSPS) is 39.0. The Morgan fingerprint density at radius 3 is 1.82 bits per heavy atom. The summed E-state index contributed by atoms with van der Waals surface area (Å²) in [4.78, 5) is 0. The van der Waals surface area contributed by atoms with E-state index in [9.17, 15) is 0 Å². The van der Waals surface area contributed by atoms with Crippen LogP contribution in [0.1, 0.15) is 19.3 Å². The lowest BCUT2D eigenvalue weighted by molar-refractivity contribution is -0.00767. The predicted octanol–water partition coefficient (Wildman–Crippen LogP) is 1.81. The Balaban J connectivity index is 2.37. The standard InChI is InChI=1S/C8H15ClO2/c1-10-7-3-6(9)4-8(5-7)11-2/h6-8H,3-5H2,1-2H3. The van der Waals surface area contributed by atoms with Crippen LogP contribution >= 0.6 is 11.6 Å². The first kappa shape index (κ1) is 9.30. The fourth-order valence-electron chi connectivity index (χ4n) is 1.54. The van der Waals surface area contributed by atoms with Gasteiger partial charge in [-0.15, -0.1) is 11.6 Å². The van der Waals surface area contributed by atoms with E-state index in [1.54, 1.807) is 14.2 Å². The molecule has 0 aliphatic heterocycles. The summed E-state index contributed by atoms with van der Waals surface area (Å²) in [5.74, 6) is 0. The molecule has 0 spiro atoms. The largest absolute Gasteiger partial charge is 0.381 e. The molecule has 66 valence electrons. The van der Waals surface area contributed by atoms with Gasteiger partial charge in [-0.25, -0.2) is 0 Å². The number of hydrogen-bond donors (Lipinski definition) is 0. The lowest BCUT2D eigenvalue weighted by atomic mass is 9.94. The van der Waals surface area contributed by atoms with E-state index in [2.05, 4.69) is 0 Å². The molecule has 1 fully saturated rings. The highest BCUT2D eigenvalue weighted by molar-refractivity contribution is 6.20. The molecule has 0 aromatic heterocycles. The molecule has 0 radical (unpaired) electrons. The number of alkyl halides is 1. The Labute approximate surface area is 72.8 Å². The van der Waals surface area contributed by atoms with E-state index >= 15 is 0 Å². The molecular formula is C8H15ClO2. The van der Waals surface area contributed by atoms with Crippen LogP contribution in [0.4, 0.5) is 0 Å². The van der Waals surface area contributed by atoms with Crippen molar-refractivity contribution in [2.45, 2.75) is 36.8 Å². The number of rotatable bonds is 2. The molecule has 0 amide bonds. The minimum absolute atomic E-state index is 0.221. The summed E-state index contributed by atoms with van der Waals surface area (Å²) in [7, 11) is 3.46. The maximum absolute atomic E-state index is 6.00. The molecule has 1 rings (SSSR count). The van der Waals surface area contributed by atoms with E-state index in [-0.39, 0.29) is 17.6 Å². The highest BCUT2D eigenvalue weighted by Gasteiger charge is 2.27. The van der Waals surface area contributed by atoms with Gasteiger partial charge in [0.25, 0.3) is 0 Å². The molecule has 2 atom stereocenters. The van der Waals surface area contributed by atoms with E-state index in [1.807, 2.05) is 0 Å². The van der Waals surface area contributed by atoms with Gasteiger partial charge in [0, 0.05) is 19.6 Å². The Kier molecular flexibility index (Phi) is 3.63. The highest BCUT2D eigenvalue weighted by Crippen LogP contribution is 2.26. The molecule has 2 nitrogen and oxygen atoms in total. The average molecular weight is 179 g/mol. The second kappa shape index (κ2) is 4.29. The van der Waals surface area contributed by atoms with Crippen molar-refractivity contribution in [3.05, 3.63) is 0 Å². The zero-order valence-electron chi connectivity index (χ0n) is 7.05. The van der Waals surface area contributed by atoms with E-state index < -0.39 is 0 Å². The molecule has 0 aromatic rings. The molecule has 2 unspecified atom stereocenters. The molecule has 0 N–H and O–H groups in total. The quantitative estimate of drug-likeness (QED) is 0.601. The summed E-state index contributed by atoms with van der Waals surface area (Å²) in [6, 6.07) is 0. The third-order valence-corrected chi connectivity index (χ3v) is 2.59. The summed E-state index contributed by atoms with van der Waals surface area (Å²) in [5.41, 5.74) is 0. The van der Waals surface area contributed by atoms with Gasteiger partial charge in [0.2, 0.25) is 0 Å². The van der Waals surface area contributed by atoms with Crippen LogP contribution in [0.25, 0.3) is 0 Å². The maximum Gasteiger partial charge on any atom is 0.0610 e. The van der Waals surface area contributed by atoms with Crippen LogP contribution in [-0.4, -0.2) is 31.8 Å². The van der Waals surface area contributed by atoms with E-state index in [0.717, 1.165) is 19.3 Å². The molecule has 1 saturated carbocycles. The molecule has 0 bridgehead atoms. The zero-order chi connectivity index (χ0) is 8.27. The number of methoxy groups -OCH3 is 2. The van der Waals surface area contributed by atoms with Crippen LogP contribution in [0, 0.1) is 0 Å². The van der Waals surface area contributed by atoms with Gasteiger partial charge in [-0.05, 0) is 19.3 Å². The first-order chi connectivity index (χ1) is 5.26. The van der Waals surface area contributed by atoms with Crippen LogP contribution in [0.15, 0.2) is 0 Å². The number of halogens is 1. The van der Waals surface area contributed by atoms with Crippen molar-refractivity contribution in [1.82, 2.24) is 0 Å². The van der Waals surface area contributed by atoms with Gasteiger partial charge >= 0.3 is 0 Å². The molecule has 0 heterocycles. The van der Waals surface area contributed by atoms with Crippen molar-refractivity contribution in [3.63, 3.8) is 0 Å². The molecule has 3 heteroatoms. The van der Waals surface area contributed by atoms with Crippen molar-refractivity contribution in [3.8, 4) is 0 Å². The van der Waals surface area contributed by atoms with Crippen LogP contribution in [0.2, 0.25) is 0 Å². The topological polar surface area (TPSA) is 18.5 Å². The first-order valence-corrected chi connectivity index (χ1v) is 4.39. The molecule has 11 heavy (non-hydrogen) atoms. The minimum atomic E-state index is 0.221. The molecule has 1 aliphatic rings. The van der Waals surface area contributed by atoms with E-state index in [4.69, 9.17) is 21.1 Å². The minimum Gasteiger partial charge on any atom is -0.381 e. The summed E-state index contributed by atoms with van der Waals surface area (Å²) in [6.45, 7) is 0. The maximum atomic E-state index is 6.00. The third-order valence-electron chi connectivity index (χ3n) is 2.23. The van der Waals surface area contributed by atoms with Crippen molar-refractivity contribution < 1.29 is 9.47 Å². The first-order valence-electron chi connectivity index (χ1n) is 3.96.